The van der Waals surface area contributed by atoms with Gasteiger partial charge in [0, 0.05) is 18.7 Å². The zero-order valence-corrected chi connectivity index (χ0v) is 22.8. The van der Waals surface area contributed by atoms with Crippen LogP contribution < -0.4 is 19.9 Å². The summed E-state index contributed by atoms with van der Waals surface area (Å²) >= 11 is 0. The Kier molecular flexibility index (Phi) is 7.14. The third-order valence-corrected chi connectivity index (χ3v) is 7.97. The molecule has 202 valence electrons. The highest BCUT2D eigenvalue weighted by atomic mass is 32.2. The predicted octanol–water partition coefficient (Wildman–Crippen LogP) is 3.99. The third-order valence-electron chi connectivity index (χ3n) is 6.59. The number of ether oxygens (including phenoxy) is 1. The van der Waals surface area contributed by atoms with Crippen molar-refractivity contribution in [1.29, 1.82) is 0 Å². The number of nitrogens with zero attached hydrogens (tertiary/aromatic N) is 3. The molecule has 0 saturated heterocycles. The summed E-state index contributed by atoms with van der Waals surface area (Å²) in [6, 6.07) is 21.1. The molecule has 2 aliphatic heterocycles. The van der Waals surface area contributed by atoms with E-state index < -0.39 is 22.0 Å². The van der Waals surface area contributed by atoms with Crippen molar-refractivity contribution in [3.63, 3.8) is 0 Å². The van der Waals surface area contributed by atoms with Gasteiger partial charge < -0.3 is 19.9 Å². The van der Waals surface area contributed by atoms with E-state index in [9.17, 15) is 18.0 Å². The topological polar surface area (TPSA) is 108 Å². The number of hydrogen-bond donors (Lipinski definition) is 1. The zero-order chi connectivity index (χ0) is 27.7. The fourth-order valence-electron chi connectivity index (χ4n) is 4.74. The SMILES string of the molecule is CC1=NS(=O)(=O)c2cc(C(=O)N3CC(C(=O)NCc4ccccc4)Oc4ccccc43)ccc2N1CC(C)C. The molecular weight excluding hydrogens is 516 g/mol. The lowest BCUT2D eigenvalue weighted by molar-refractivity contribution is -0.128. The van der Waals surface area contributed by atoms with Crippen molar-refractivity contribution < 1.29 is 22.7 Å². The Morgan fingerprint density at radius 2 is 1.74 bits per heavy atom. The molecule has 0 saturated carbocycles. The van der Waals surface area contributed by atoms with Crippen molar-refractivity contribution in [2.24, 2.45) is 10.3 Å². The minimum absolute atomic E-state index is 0.0155. The molecule has 1 unspecified atom stereocenters. The number of nitrogens with one attached hydrogen (secondary N) is 1. The van der Waals surface area contributed by atoms with Gasteiger partial charge in [0.25, 0.3) is 21.8 Å². The van der Waals surface area contributed by atoms with Gasteiger partial charge in [-0.15, -0.1) is 4.40 Å². The summed E-state index contributed by atoms with van der Waals surface area (Å²) in [7, 11) is -3.98. The molecule has 0 spiro atoms. The van der Waals surface area contributed by atoms with E-state index in [0.29, 0.717) is 36.0 Å². The molecule has 2 heterocycles. The minimum Gasteiger partial charge on any atom is -0.477 e. The molecule has 39 heavy (non-hydrogen) atoms. The second kappa shape index (κ2) is 10.5. The van der Waals surface area contributed by atoms with Crippen molar-refractivity contribution in [3.05, 3.63) is 83.9 Å². The Bertz CT molecular complexity index is 1550. The second-order valence-electron chi connectivity index (χ2n) is 9.99. The summed E-state index contributed by atoms with van der Waals surface area (Å²) in [5.41, 5.74) is 2.12. The van der Waals surface area contributed by atoms with Crippen LogP contribution >= 0.6 is 0 Å². The Hall–Kier alpha value is -4.18. The highest BCUT2D eigenvalue weighted by Crippen LogP contribution is 2.36. The number of carbonyl (C=O) groups is 2. The monoisotopic (exact) mass is 546 g/mol. The molecule has 1 N–H and O–H groups in total. The van der Waals surface area contributed by atoms with E-state index >= 15 is 0 Å². The van der Waals surface area contributed by atoms with Crippen LogP contribution in [0, 0.1) is 5.92 Å². The number of carbonyl (C=O) groups excluding carboxylic acids is 2. The van der Waals surface area contributed by atoms with Crippen LogP contribution in [0.2, 0.25) is 0 Å². The van der Waals surface area contributed by atoms with Crippen LogP contribution in [0.5, 0.6) is 5.75 Å². The Morgan fingerprint density at radius 1 is 1.03 bits per heavy atom. The van der Waals surface area contributed by atoms with Crippen molar-refractivity contribution in [2.45, 2.75) is 38.3 Å². The Labute approximate surface area is 228 Å². The summed E-state index contributed by atoms with van der Waals surface area (Å²) < 4.78 is 35.9. The Morgan fingerprint density at radius 3 is 2.49 bits per heavy atom. The molecule has 3 aromatic rings. The van der Waals surface area contributed by atoms with Crippen LogP contribution in [-0.4, -0.2) is 45.3 Å². The maximum Gasteiger partial charge on any atom is 0.286 e. The highest BCUT2D eigenvalue weighted by molar-refractivity contribution is 7.90. The van der Waals surface area contributed by atoms with Crippen LogP contribution in [0.1, 0.15) is 36.7 Å². The standard InChI is InChI=1S/C29H30N4O5S/c1-19(2)17-32-20(3)31-39(36,37)27-15-22(13-14-24(27)32)29(35)33-18-26(38-25-12-8-7-11-23(25)33)28(34)30-16-21-9-5-4-6-10-21/h4-15,19,26H,16-18H2,1-3H3,(H,30,34). The average Bonchev–Trinajstić information content (AvgIpc) is 2.93. The molecule has 10 heteroatoms. The number of fused-ring (bicyclic) bond motifs is 2. The number of benzene rings is 3. The molecule has 3 aromatic carbocycles. The highest BCUT2D eigenvalue weighted by Gasteiger charge is 2.36. The molecule has 5 rings (SSSR count). The lowest BCUT2D eigenvalue weighted by Gasteiger charge is -2.34. The van der Waals surface area contributed by atoms with E-state index in [1.165, 1.54) is 11.0 Å². The molecule has 0 aromatic heterocycles. The fraction of sp³-hybridized carbons (Fsp3) is 0.276. The van der Waals surface area contributed by atoms with Crippen LogP contribution in [0.3, 0.4) is 0 Å². The molecule has 2 aliphatic rings. The molecular formula is C29H30N4O5S. The van der Waals surface area contributed by atoms with Crippen LogP contribution in [0.4, 0.5) is 11.4 Å². The minimum atomic E-state index is -3.98. The lowest BCUT2D eigenvalue weighted by Crippen LogP contribution is -2.50. The quantitative estimate of drug-likeness (QED) is 0.501. The van der Waals surface area contributed by atoms with Gasteiger partial charge in [0.15, 0.2) is 6.10 Å². The predicted molar refractivity (Wildman–Crippen MR) is 150 cm³/mol. The normalized spacial score (nSPS) is 17.5. The van der Waals surface area contributed by atoms with Crippen molar-refractivity contribution >= 4 is 39.0 Å². The number of sulfonamides is 1. The van der Waals surface area contributed by atoms with Crippen LogP contribution in [-0.2, 0) is 21.4 Å². The summed E-state index contributed by atoms with van der Waals surface area (Å²) in [6.07, 6.45) is -0.942. The van der Waals surface area contributed by atoms with Gasteiger partial charge >= 0.3 is 0 Å². The van der Waals surface area contributed by atoms with E-state index in [4.69, 9.17) is 4.74 Å². The van der Waals surface area contributed by atoms with Crippen molar-refractivity contribution in [2.75, 3.05) is 22.9 Å². The smallest absolute Gasteiger partial charge is 0.286 e. The average molecular weight is 547 g/mol. The van der Waals surface area contributed by atoms with Gasteiger partial charge in [0.2, 0.25) is 0 Å². The van der Waals surface area contributed by atoms with E-state index in [1.807, 2.05) is 49.1 Å². The van der Waals surface area contributed by atoms with Gasteiger partial charge in [-0.25, -0.2) is 0 Å². The number of anilines is 2. The summed E-state index contributed by atoms with van der Waals surface area (Å²) in [4.78, 5) is 30.2. The number of rotatable bonds is 6. The van der Waals surface area contributed by atoms with Gasteiger partial charge in [0.05, 0.1) is 17.9 Å². The number of amidine groups is 1. The first-order valence-corrected chi connectivity index (χ1v) is 14.2. The number of amides is 2. The zero-order valence-electron chi connectivity index (χ0n) is 22.0. The van der Waals surface area contributed by atoms with Gasteiger partial charge in [-0.05, 0) is 48.7 Å². The fourth-order valence-corrected chi connectivity index (χ4v) is 6.00. The second-order valence-corrected chi connectivity index (χ2v) is 11.6. The van der Waals surface area contributed by atoms with Gasteiger partial charge in [-0.1, -0.05) is 56.3 Å². The number of para-hydroxylation sites is 2. The maximum absolute atomic E-state index is 13.8. The van der Waals surface area contributed by atoms with Crippen molar-refractivity contribution in [3.8, 4) is 5.75 Å². The molecule has 0 fully saturated rings. The van der Waals surface area contributed by atoms with E-state index in [-0.39, 0.29) is 28.8 Å². The first-order valence-electron chi connectivity index (χ1n) is 12.8. The third kappa shape index (κ3) is 5.37. The summed E-state index contributed by atoms with van der Waals surface area (Å²) in [5.74, 6) is 0.257. The van der Waals surface area contributed by atoms with Gasteiger partial charge in [-0.3, -0.25) is 9.59 Å². The van der Waals surface area contributed by atoms with Gasteiger partial charge in [0.1, 0.15) is 16.5 Å². The number of hydrogen-bond acceptors (Lipinski definition) is 6. The van der Waals surface area contributed by atoms with E-state index in [1.54, 1.807) is 43.3 Å². The first kappa shape index (κ1) is 26.4. The van der Waals surface area contributed by atoms with Gasteiger partial charge in [-0.2, -0.15) is 8.42 Å². The molecule has 0 radical (unpaired) electrons. The van der Waals surface area contributed by atoms with Crippen LogP contribution in [0.25, 0.3) is 0 Å². The largest absolute Gasteiger partial charge is 0.477 e. The lowest BCUT2D eigenvalue weighted by atomic mass is 10.1. The van der Waals surface area contributed by atoms with Crippen molar-refractivity contribution in [1.82, 2.24) is 5.32 Å². The summed E-state index contributed by atoms with van der Waals surface area (Å²) in [6.45, 7) is 6.62. The molecule has 9 nitrogen and oxygen atoms in total. The molecule has 0 aliphatic carbocycles. The van der Waals surface area contributed by atoms with E-state index in [2.05, 4.69) is 9.71 Å². The molecule has 1 atom stereocenters. The van der Waals surface area contributed by atoms with Crippen LogP contribution in [0.15, 0.2) is 82.1 Å². The molecule has 0 bridgehead atoms. The summed E-state index contributed by atoms with van der Waals surface area (Å²) in [5, 5.41) is 2.87. The first-order chi connectivity index (χ1) is 18.6. The Balaban J connectivity index is 1.44. The molecule has 2 amide bonds. The van der Waals surface area contributed by atoms with E-state index in [0.717, 1.165) is 5.56 Å². The maximum atomic E-state index is 13.8.